The van der Waals surface area contributed by atoms with Gasteiger partial charge in [0, 0.05) is 12.1 Å². The predicted molar refractivity (Wildman–Crippen MR) is 134 cm³/mol. The standard InChI is InChI=1S/C25H35N3O5S/c1-18-8-12-21(13-9-18)28(34(7,31)32)17-23(29)27(19(2)24(30)26-25(3,4)5)16-20-10-14-22(33-6)15-11-20/h8-15,19H,16-17H2,1-7H3,(H,26,30). The first-order valence-corrected chi connectivity index (χ1v) is 12.8. The molecule has 0 fully saturated rings. The van der Waals surface area contributed by atoms with E-state index in [-0.39, 0.29) is 12.5 Å². The molecule has 34 heavy (non-hydrogen) atoms. The van der Waals surface area contributed by atoms with Crippen LogP contribution in [0.5, 0.6) is 5.75 Å². The number of amides is 2. The molecule has 0 heterocycles. The number of hydrogen-bond donors (Lipinski definition) is 1. The van der Waals surface area contributed by atoms with Crippen molar-refractivity contribution in [1.82, 2.24) is 10.2 Å². The average molecular weight is 490 g/mol. The normalized spacial score (nSPS) is 12.6. The highest BCUT2D eigenvalue weighted by Crippen LogP contribution is 2.20. The highest BCUT2D eigenvalue weighted by atomic mass is 32.2. The summed E-state index contributed by atoms with van der Waals surface area (Å²) < 4.78 is 31.4. The Balaban J connectivity index is 2.38. The second-order valence-corrected chi connectivity index (χ2v) is 11.3. The summed E-state index contributed by atoms with van der Waals surface area (Å²) in [7, 11) is -2.18. The van der Waals surface area contributed by atoms with Crippen LogP contribution in [0.25, 0.3) is 0 Å². The van der Waals surface area contributed by atoms with Crippen molar-refractivity contribution in [2.24, 2.45) is 0 Å². The average Bonchev–Trinajstić information content (AvgIpc) is 2.74. The van der Waals surface area contributed by atoms with Gasteiger partial charge in [0.05, 0.1) is 19.1 Å². The zero-order valence-corrected chi connectivity index (χ0v) is 21.8. The molecule has 2 rings (SSSR count). The number of carbonyl (C=O) groups is 2. The Morgan fingerprint density at radius 2 is 1.59 bits per heavy atom. The molecule has 1 N–H and O–H groups in total. The smallest absolute Gasteiger partial charge is 0.244 e. The van der Waals surface area contributed by atoms with E-state index in [9.17, 15) is 18.0 Å². The first-order chi connectivity index (χ1) is 15.7. The second kappa shape index (κ2) is 10.9. The Kier molecular flexibility index (Phi) is 8.72. The molecule has 9 heteroatoms. The van der Waals surface area contributed by atoms with E-state index in [2.05, 4.69) is 5.32 Å². The van der Waals surface area contributed by atoms with Crippen LogP contribution in [-0.4, -0.2) is 56.6 Å². The number of aryl methyl sites for hydroxylation is 1. The van der Waals surface area contributed by atoms with Crippen LogP contribution in [0, 0.1) is 6.92 Å². The summed E-state index contributed by atoms with van der Waals surface area (Å²) >= 11 is 0. The van der Waals surface area contributed by atoms with Gasteiger partial charge in [-0.3, -0.25) is 13.9 Å². The molecular weight excluding hydrogens is 454 g/mol. The molecule has 0 aliphatic carbocycles. The molecule has 0 spiro atoms. The summed E-state index contributed by atoms with van der Waals surface area (Å²) in [4.78, 5) is 27.8. The fraction of sp³-hybridized carbons (Fsp3) is 0.440. The van der Waals surface area contributed by atoms with Gasteiger partial charge in [-0.1, -0.05) is 29.8 Å². The second-order valence-electron chi connectivity index (χ2n) is 9.39. The van der Waals surface area contributed by atoms with Gasteiger partial charge in [-0.05, 0) is 64.4 Å². The van der Waals surface area contributed by atoms with Crippen LogP contribution in [0.2, 0.25) is 0 Å². The van der Waals surface area contributed by atoms with Crippen molar-refractivity contribution >= 4 is 27.5 Å². The van der Waals surface area contributed by atoms with E-state index in [1.54, 1.807) is 50.4 Å². The van der Waals surface area contributed by atoms with Crippen LogP contribution in [0.15, 0.2) is 48.5 Å². The molecule has 0 saturated carbocycles. The van der Waals surface area contributed by atoms with Gasteiger partial charge < -0.3 is 15.0 Å². The summed E-state index contributed by atoms with van der Waals surface area (Å²) in [5.41, 5.74) is 1.65. The largest absolute Gasteiger partial charge is 0.497 e. The first-order valence-electron chi connectivity index (χ1n) is 11.0. The van der Waals surface area contributed by atoms with E-state index in [1.807, 2.05) is 39.8 Å². The van der Waals surface area contributed by atoms with Crippen LogP contribution >= 0.6 is 0 Å². The van der Waals surface area contributed by atoms with Crippen LogP contribution in [0.1, 0.15) is 38.8 Å². The lowest BCUT2D eigenvalue weighted by molar-refractivity contribution is -0.140. The number of nitrogens with one attached hydrogen (secondary N) is 1. The quantitative estimate of drug-likeness (QED) is 0.584. The van der Waals surface area contributed by atoms with Crippen molar-refractivity contribution in [2.45, 2.75) is 52.7 Å². The maximum atomic E-state index is 13.5. The molecule has 8 nitrogen and oxygen atoms in total. The summed E-state index contributed by atoms with van der Waals surface area (Å²) in [5.74, 6) is -0.142. The van der Waals surface area contributed by atoms with Crippen LogP contribution in [0.3, 0.4) is 0 Å². The van der Waals surface area contributed by atoms with Gasteiger partial charge >= 0.3 is 0 Å². The van der Waals surface area contributed by atoms with E-state index in [4.69, 9.17) is 4.74 Å². The van der Waals surface area contributed by atoms with Crippen LogP contribution in [0.4, 0.5) is 5.69 Å². The van der Waals surface area contributed by atoms with E-state index in [0.29, 0.717) is 11.4 Å². The molecule has 1 unspecified atom stereocenters. The van der Waals surface area contributed by atoms with E-state index in [1.165, 1.54) is 4.90 Å². The molecule has 2 amide bonds. The SMILES string of the molecule is COc1ccc(CN(C(=O)CN(c2ccc(C)cc2)S(C)(=O)=O)C(C)C(=O)NC(C)(C)C)cc1. The zero-order valence-electron chi connectivity index (χ0n) is 21.0. The Morgan fingerprint density at radius 3 is 2.06 bits per heavy atom. The minimum Gasteiger partial charge on any atom is -0.497 e. The molecule has 0 radical (unpaired) electrons. The van der Waals surface area contributed by atoms with E-state index < -0.39 is 34.1 Å². The highest BCUT2D eigenvalue weighted by Gasteiger charge is 2.31. The third kappa shape index (κ3) is 7.76. The summed E-state index contributed by atoms with van der Waals surface area (Å²) in [6.07, 6.45) is 1.06. The lowest BCUT2D eigenvalue weighted by atomic mass is 10.1. The van der Waals surface area contributed by atoms with Crippen molar-refractivity contribution in [2.75, 3.05) is 24.2 Å². The zero-order chi connectivity index (χ0) is 25.7. The number of benzene rings is 2. The predicted octanol–water partition coefficient (Wildman–Crippen LogP) is 3.10. The molecule has 2 aromatic rings. The fourth-order valence-corrected chi connectivity index (χ4v) is 4.16. The van der Waals surface area contributed by atoms with Gasteiger partial charge in [0.1, 0.15) is 18.3 Å². The summed E-state index contributed by atoms with van der Waals surface area (Å²) in [6.45, 7) is 8.81. The van der Waals surface area contributed by atoms with Crippen molar-refractivity contribution in [3.05, 3.63) is 59.7 Å². The maximum Gasteiger partial charge on any atom is 0.244 e. The number of nitrogens with zero attached hydrogens (tertiary/aromatic N) is 2. The Morgan fingerprint density at radius 1 is 1.03 bits per heavy atom. The third-order valence-corrected chi connectivity index (χ3v) is 6.32. The maximum absolute atomic E-state index is 13.5. The van der Waals surface area contributed by atoms with Gasteiger partial charge in [0.25, 0.3) is 0 Å². The molecule has 186 valence electrons. The highest BCUT2D eigenvalue weighted by molar-refractivity contribution is 7.92. The van der Waals surface area contributed by atoms with Crippen molar-refractivity contribution in [3.63, 3.8) is 0 Å². The van der Waals surface area contributed by atoms with Crippen molar-refractivity contribution in [3.8, 4) is 5.75 Å². The topological polar surface area (TPSA) is 96.0 Å². The summed E-state index contributed by atoms with van der Waals surface area (Å²) in [6, 6.07) is 13.2. The van der Waals surface area contributed by atoms with Gasteiger partial charge in [-0.2, -0.15) is 0 Å². The number of ether oxygens (including phenoxy) is 1. The van der Waals surface area contributed by atoms with Crippen molar-refractivity contribution < 1.29 is 22.7 Å². The van der Waals surface area contributed by atoms with Crippen LogP contribution < -0.4 is 14.4 Å². The summed E-state index contributed by atoms with van der Waals surface area (Å²) in [5, 5.41) is 2.90. The Labute approximate surface area is 202 Å². The first kappa shape index (κ1) is 27.2. The van der Waals surface area contributed by atoms with Crippen molar-refractivity contribution in [1.29, 1.82) is 0 Å². The number of methoxy groups -OCH3 is 1. The lowest BCUT2D eigenvalue weighted by Crippen LogP contribution is -2.54. The fourth-order valence-electron chi connectivity index (χ4n) is 3.31. The van der Waals surface area contributed by atoms with E-state index in [0.717, 1.165) is 21.7 Å². The molecular formula is C25H35N3O5S. The minimum atomic E-state index is -3.75. The number of carbonyl (C=O) groups excluding carboxylic acids is 2. The number of hydrogen-bond acceptors (Lipinski definition) is 5. The van der Waals surface area contributed by atoms with Gasteiger partial charge in [-0.15, -0.1) is 0 Å². The molecule has 0 bridgehead atoms. The molecule has 0 aliphatic heterocycles. The van der Waals surface area contributed by atoms with Crippen LogP contribution in [-0.2, 0) is 26.2 Å². The third-order valence-electron chi connectivity index (χ3n) is 5.18. The molecule has 1 atom stereocenters. The minimum absolute atomic E-state index is 0.132. The van der Waals surface area contributed by atoms with Gasteiger partial charge in [0.15, 0.2) is 0 Å². The lowest BCUT2D eigenvalue weighted by Gasteiger charge is -2.33. The number of rotatable bonds is 9. The van der Waals surface area contributed by atoms with Gasteiger partial charge in [0.2, 0.25) is 21.8 Å². The Hall–Kier alpha value is -3.07. The number of sulfonamides is 1. The molecule has 2 aromatic carbocycles. The monoisotopic (exact) mass is 489 g/mol. The van der Waals surface area contributed by atoms with E-state index >= 15 is 0 Å². The number of anilines is 1. The molecule has 0 saturated heterocycles. The van der Waals surface area contributed by atoms with Gasteiger partial charge in [-0.25, -0.2) is 8.42 Å². The Bertz CT molecular complexity index is 1090. The molecule has 0 aromatic heterocycles. The molecule has 0 aliphatic rings.